The quantitative estimate of drug-likeness (QED) is 0.707. The van der Waals surface area contributed by atoms with Crippen LogP contribution in [0.4, 0.5) is 5.69 Å². The topological polar surface area (TPSA) is 80.3 Å². The molecule has 0 saturated carbocycles. The first-order chi connectivity index (χ1) is 7.45. The maximum atomic E-state index is 11.9. The van der Waals surface area contributed by atoms with Gasteiger partial charge in [-0.1, -0.05) is 0 Å². The Morgan fingerprint density at radius 3 is 2.69 bits per heavy atom. The van der Waals surface area contributed by atoms with E-state index in [1.165, 1.54) is 0 Å². The number of aromatic nitrogens is 1. The zero-order valence-electron chi connectivity index (χ0n) is 9.90. The number of carbonyl (C=O) groups is 1. The highest BCUT2D eigenvalue weighted by molar-refractivity contribution is 5.94. The molecule has 1 heterocycles. The maximum Gasteiger partial charge on any atom is 0.268 e. The molecule has 1 atom stereocenters. The van der Waals surface area contributed by atoms with Gasteiger partial charge in [0.05, 0.1) is 12.3 Å². The summed E-state index contributed by atoms with van der Waals surface area (Å²) in [6.07, 6.45) is 1.74. The molecule has 0 bridgehead atoms. The lowest BCUT2D eigenvalue weighted by atomic mass is 10.3. The third-order valence-electron chi connectivity index (χ3n) is 2.31. The van der Waals surface area contributed by atoms with Gasteiger partial charge in [-0.05, 0) is 26.8 Å². The molecule has 0 unspecified atom stereocenters. The second kappa shape index (κ2) is 5.03. The molecule has 5 nitrogen and oxygen atoms in total. The summed E-state index contributed by atoms with van der Waals surface area (Å²) in [5, 5.41) is 11.6. The van der Waals surface area contributed by atoms with Gasteiger partial charge in [0.2, 0.25) is 0 Å². The van der Waals surface area contributed by atoms with Gasteiger partial charge in [-0.15, -0.1) is 0 Å². The number of aliphatic hydroxyl groups is 1. The number of nitrogens with zero attached hydrogens (tertiary/aromatic N) is 1. The largest absolute Gasteiger partial charge is 0.397 e. The first kappa shape index (κ1) is 12.6. The summed E-state index contributed by atoms with van der Waals surface area (Å²) in [6.45, 7) is 5.62. The van der Waals surface area contributed by atoms with E-state index in [-0.39, 0.29) is 24.6 Å². The SMILES string of the molecule is CC(C)n1cc(N)cc1C(=O)N[C@H](C)CO. The van der Waals surface area contributed by atoms with E-state index in [0.717, 1.165) is 0 Å². The zero-order chi connectivity index (χ0) is 12.3. The molecular weight excluding hydrogens is 206 g/mol. The van der Waals surface area contributed by atoms with Gasteiger partial charge in [0, 0.05) is 18.3 Å². The number of nitrogens with two attached hydrogens (primary N) is 1. The maximum absolute atomic E-state index is 11.9. The van der Waals surface area contributed by atoms with Crippen LogP contribution in [0.2, 0.25) is 0 Å². The Kier molecular flexibility index (Phi) is 3.95. The Hall–Kier alpha value is -1.49. The molecular formula is C11H19N3O2. The lowest BCUT2D eigenvalue weighted by molar-refractivity contribution is 0.0911. The molecule has 1 aromatic rings. The van der Waals surface area contributed by atoms with Gasteiger partial charge in [0.1, 0.15) is 5.69 Å². The number of nitrogens with one attached hydrogen (secondary N) is 1. The van der Waals surface area contributed by atoms with Crippen LogP contribution in [-0.4, -0.2) is 28.2 Å². The van der Waals surface area contributed by atoms with Gasteiger partial charge in [-0.3, -0.25) is 4.79 Å². The van der Waals surface area contributed by atoms with Crippen LogP contribution in [0, 0.1) is 0 Å². The van der Waals surface area contributed by atoms with Crippen LogP contribution >= 0.6 is 0 Å². The minimum absolute atomic E-state index is 0.0798. The first-order valence-corrected chi connectivity index (χ1v) is 5.34. The molecule has 0 aliphatic heterocycles. The predicted molar refractivity (Wildman–Crippen MR) is 63.2 cm³/mol. The summed E-state index contributed by atoms with van der Waals surface area (Å²) in [4.78, 5) is 11.9. The summed E-state index contributed by atoms with van der Waals surface area (Å²) in [5.74, 6) is -0.216. The second-order valence-electron chi connectivity index (χ2n) is 4.22. The standard InChI is InChI=1S/C11H19N3O2/c1-7(2)14-5-9(12)4-10(14)11(16)13-8(3)6-15/h4-5,7-8,15H,6,12H2,1-3H3,(H,13,16)/t8-/m1/s1. The minimum Gasteiger partial charge on any atom is -0.397 e. The van der Waals surface area contributed by atoms with Crippen molar-refractivity contribution in [1.29, 1.82) is 0 Å². The third kappa shape index (κ3) is 2.76. The van der Waals surface area contributed by atoms with Crippen LogP contribution in [0.25, 0.3) is 0 Å². The number of rotatable bonds is 4. The van der Waals surface area contributed by atoms with E-state index in [1.54, 1.807) is 19.2 Å². The number of amides is 1. The fourth-order valence-corrected chi connectivity index (χ4v) is 1.45. The Bertz CT molecular complexity index is 371. The highest BCUT2D eigenvalue weighted by atomic mass is 16.3. The van der Waals surface area contributed by atoms with Crippen LogP contribution < -0.4 is 11.1 Å². The monoisotopic (exact) mass is 225 g/mol. The summed E-state index contributed by atoms with van der Waals surface area (Å²) in [5.41, 5.74) is 6.75. The average molecular weight is 225 g/mol. The van der Waals surface area contributed by atoms with Gasteiger partial charge in [-0.2, -0.15) is 0 Å². The smallest absolute Gasteiger partial charge is 0.268 e. The Morgan fingerprint density at radius 1 is 1.56 bits per heavy atom. The molecule has 16 heavy (non-hydrogen) atoms. The highest BCUT2D eigenvalue weighted by Gasteiger charge is 2.16. The lowest BCUT2D eigenvalue weighted by Crippen LogP contribution is -2.36. The normalized spacial score (nSPS) is 12.8. The number of hydrogen-bond acceptors (Lipinski definition) is 3. The molecule has 1 aromatic heterocycles. The number of anilines is 1. The molecule has 0 radical (unpaired) electrons. The number of nitrogen functional groups attached to an aromatic ring is 1. The van der Waals surface area contributed by atoms with Crippen molar-refractivity contribution in [3.63, 3.8) is 0 Å². The van der Waals surface area contributed by atoms with E-state index in [1.807, 2.05) is 18.4 Å². The predicted octanol–water partition coefficient (Wildman–Crippen LogP) is 0.762. The molecule has 0 aliphatic carbocycles. The van der Waals surface area contributed by atoms with Crippen molar-refractivity contribution in [2.75, 3.05) is 12.3 Å². The van der Waals surface area contributed by atoms with Crippen molar-refractivity contribution in [1.82, 2.24) is 9.88 Å². The van der Waals surface area contributed by atoms with Crippen LogP contribution in [0.3, 0.4) is 0 Å². The first-order valence-electron chi connectivity index (χ1n) is 5.34. The fraction of sp³-hybridized carbons (Fsp3) is 0.545. The summed E-state index contributed by atoms with van der Waals surface area (Å²) in [6, 6.07) is 1.55. The van der Waals surface area contributed by atoms with Crippen LogP contribution in [0.1, 0.15) is 37.3 Å². The Balaban J connectivity index is 2.90. The molecule has 5 heteroatoms. The molecule has 1 amide bonds. The fourth-order valence-electron chi connectivity index (χ4n) is 1.45. The van der Waals surface area contributed by atoms with Crippen molar-refractivity contribution in [3.8, 4) is 0 Å². The zero-order valence-corrected chi connectivity index (χ0v) is 9.90. The van der Waals surface area contributed by atoms with Gasteiger partial charge in [0.15, 0.2) is 0 Å². The van der Waals surface area contributed by atoms with Crippen molar-refractivity contribution in [2.24, 2.45) is 0 Å². The molecule has 0 aliphatic rings. The molecule has 0 saturated heterocycles. The average Bonchev–Trinajstić information content (AvgIpc) is 2.60. The van der Waals surface area contributed by atoms with Gasteiger partial charge < -0.3 is 20.7 Å². The summed E-state index contributed by atoms with van der Waals surface area (Å²) < 4.78 is 1.81. The summed E-state index contributed by atoms with van der Waals surface area (Å²) in [7, 11) is 0. The third-order valence-corrected chi connectivity index (χ3v) is 2.31. The van der Waals surface area contributed by atoms with Crippen molar-refractivity contribution >= 4 is 11.6 Å². The van der Waals surface area contributed by atoms with Crippen LogP contribution in [0.5, 0.6) is 0 Å². The van der Waals surface area contributed by atoms with Gasteiger partial charge in [-0.25, -0.2) is 0 Å². The van der Waals surface area contributed by atoms with Crippen LogP contribution in [-0.2, 0) is 0 Å². The van der Waals surface area contributed by atoms with E-state index in [4.69, 9.17) is 10.8 Å². The van der Waals surface area contributed by atoms with E-state index in [2.05, 4.69) is 5.32 Å². The number of carbonyl (C=O) groups excluding carboxylic acids is 1. The van der Waals surface area contributed by atoms with Crippen molar-refractivity contribution in [2.45, 2.75) is 32.9 Å². The second-order valence-corrected chi connectivity index (χ2v) is 4.22. The van der Waals surface area contributed by atoms with E-state index < -0.39 is 0 Å². The van der Waals surface area contributed by atoms with E-state index >= 15 is 0 Å². The minimum atomic E-state index is -0.260. The summed E-state index contributed by atoms with van der Waals surface area (Å²) >= 11 is 0. The number of aliphatic hydroxyl groups excluding tert-OH is 1. The van der Waals surface area contributed by atoms with Gasteiger partial charge in [0.25, 0.3) is 5.91 Å². The molecule has 0 aromatic carbocycles. The molecule has 1 rings (SSSR count). The van der Waals surface area contributed by atoms with Crippen LogP contribution in [0.15, 0.2) is 12.3 Å². The Morgan fingerprint density at radius 2 is 2.19 bits per heavy atom. The van der Waals surface area contributed by atoms with E-state index in [0.29, 0.717) is 11.4 Å². The van der Waals surface area contributed by atoms with Crippen molar-refractivity contribution in [3.05, 3.63) is 18.0 Å². The molecule has 90 valence electrons. The molecule has 0 fully saturated rings. The number of hydrogen-bond donors (Lipinski definition) is 3. The van der Waals surface area contributed by atoms with E-state index in [9.17, 15) is 4.79 Å². The highest BCUT2D eigenvalue weighted by Crippen LogP contribution is 2.16. The Labute approximate surface area is 95.3 Å². The van der Waals surface area contributed by atoms with Crippen molar-refractivity contribution < 1.29 is 9.90 Å². The lowest BCUT2D eigenvalue weighted by Gasteiger charge is -2.15. The van der Waals surface area contributed by atoms with Gasteiger partial charge >= 0.3 is 0 Å². The molecule has 0 spiro atoms. The molecule has 4 N–H and O–H groups in total.